The molecule has 6 nitrogen and oxygen atoms in total. The van der Waals surface area contributed by atoms with Gasteiger partial charge in [-0.3, -0.25) is 0 Å². The van der Waals surface area contributed by atoms with E-state index < -0.39 is 89.8 Å². The highest BCUT2D eigenvalue weighted by molar-refractivity contribution is 7.04. The topological polar surface area (TPSA) is 41.3 Å². The van der Waals surface area contributed by atoms with E-state index in [2.05, 4.69) is 76.8 Å². The molecular weight excluding hydrogens is 1430 g/mol. The fourth-order valence-electron chi connectivity index (χ4n) is 18.5. The molecule has 0 bridgehead atoms. The van der Waals surface area contributed by atoms with Crippen LogP contribution in [0, 0.1) is 0 Å². The molecule has 18 aromatic rings. The number of ether oxygens (including phenoxy) is 2. The second-order valence-corrected chi connectivity index (χ2v) is 32.9. The molecule has 6 heterocycles. The van der Waals surface area contributed by atoms with Crippen molar-refractivity contribution in [2.75, 3.05) is 14.7 Å². The molecule has 0 saturated heterocycles. The second kappa shape index (κ2) is 26.6. The molecule has 118 heavy (non-hydrogen) atoms. The summed E-state index contributed by atoms with van der Waals surface area (Å²) in [5.74, 6) is 0.227. The van der Waals surface area contributed by atoms with Crippen LogP contribution >= 0.6 is 0 Å². The van der Waals surface area contributed by atoms with Crippen LogP contribution in [0.4, 0.5) is 51.2 Å². The van der Waals surface area contributed by atoms with Crippen molar-refractivity contribution in [3.05, 3.63) is 381 Å². The monoisotopic (exact) mass is 1530 g/mol. The number of hydrogen-bond donors (Lipinski definition) is 0. The first-order valence-electron chi connectivity index (χ1n) is 47.5. The minimum atomic E-state index is -1.50. The molecule has 23 rings (SSSR count). The van der Waals surface area contributed by atoms with Gasteiger partial charge < -0.3 is 28.6 Å². The van der Waals surface area contributed by atoms with Crippen LogP contribution in [0.15, 0.2) is 374 Å². The summed E-state index contributed by atoms with van der Waals surface area (Å²) in [7, 11) is 0. The molecule has 0 fully saturated rings. The van der Waals surface area contributed by atoms with Crippen LogP contribution in [-0.2, 0) is 10.8 Å². The maximum atomic E-state index is 12.8. The summed E-state index contributed by atoms with van der Waals surface area (Å²) in [6.45, 7) is 10.1. The Morgan fingerprint density at radius 2 is 0.754 bits per heavy atom. The predicted molar refractivity (Wildman–Crippen MR) is 495 cm³/mol. The largest absolute Gasteiger partial charge is 0.459 e. The third kappa shape index (κ3) is 10.7. The first-order chi connectivity index (χ1) is 64.1. The second-order valence-electron chi connectivity index (χ2n) is 32.9. The molecule has 0 amide bonds. The minimum absolute atomic E-state index is 0.0105. The van der Waals surface area contributed by atoms with Crippen molar-refractivity contribution in [3.8, 4) is 112 Å². The van der Waals surface area contributed by atoms with Crippen LogP contribution in [0.25, 0.3) is 111 Å². The zero-order valence-electron chi connectivity index (χ0n) is 80.3. The number of anilines is 9. The summed E-state index contributed by atoms with van der Waals surface area (Å²) in [4.78, 5) is 5.99. The lowest BCUT2D eigenvalue weighted by molar-refractivity contribution is 0.468. The average molecular weight is 1530 g/mol. The number of rotatable bonds is 11. The smallest absolute Gasteiger partial charge is 0.266 e. The molecule has 5 aliphatic rings. The number of fused-ring (bicyclic) bond motifs is 8. The van der Waals surface area contributed by atoms with Gasteiger partial charge in [0.15, 0.2) is 0 Å². The molecule has 17 aromatic carbocycles. The maximum absolute atomic E-state index is 12.8. The number of furan rings is 1. The van der Waals surface area contributed by atoms with E-state index in [0.29, 0.717) is 106 Å². The Kier molecular flexibility index (Phi) is 12.5. The van der Waals surface area contributed by atoms with Crippen molar-refractivity contribution >= 4 is 119 Å². The summed E-state index contributed by atoms with van der Waals surface area (Å²) in [5.41, 5.74) is 12.0. The van der Waals surface area contributed by atoms with Gasteiger partial charge >= 0.3 is 0 Å². The fraction of sp³-hybridized carbons (Fsp3) is 0.0727. The normalized spacial score (nSPS) is 15.0. The van der Waals surface area contributed by atoms with Gasteiger partial charge in [0.25, 0.3) is 13.4 Å². The summed E-state index contributed by atoms with van der Waals surface area (Å²) >= 11 is 0. The molecule has 0 saturated carbocycles. The maximum Gasteiger partial charge on any atom is 0.266 e. The van der Waals surface area contributed by atoms with Gasteiger partial charge in [-0.1, -0.05) is 332 Å². The Morgan fingerprint density at radius 3 is 1.34 bits per heavy atom. The molecule has 5 aliphatic heterocycles. The van der Waals surface area contributed by atoms with Gasteiger partial charge in [0.2, 0.25) is 0 Å². The predicted octanol–water partition coefficient (Wildman–Crippen LogP) is 26.1. The number of nitrogens with zero attached hydrogens (tertiary/aromatic N) is 3. The first-order valence-corrected chi connectivity index (χ1v) is 40.0. The highest BCUT2D eigenvalue weighted by atomic mass is 16.5. The number of para-hydroxylation sites is 2. The van der Waals surface area contributed by atoms with Gasteiger partial charge in [-0.05, 0) is 184 Å². The van der Waals surface area contributed by atoms with Crippen LogP contribution in [0.3, 0.4) is 0 Å². The van der Waals surface area contributed by atoms with Crippen molar-refractivity contribution in [2.24, 2.45) is 0 Å². The SMILES string of the molecule is [2H]c1cc2c3c(c1-c1ccccc1)Oc1c4c(c([2H])c([2H])c1-c1ccccc1)Oc1c(c(c([2H])c5c1B1c6c(cc(C(C)(C)C)cc6N5c5cc(-c6ccccc6)cc6oc7ccccc7c56)N(c5c(-c6ccccc6)cc(C(C)(C)C)cc5-c5ccccc5)c5c([2H])c(-c6c([2H])c([2H])c([2H])c([2H])c6[2H])c([2H])c([2H])c51)N2c1c(-c2ccccc2)c([2H])c([2H])c([2H])c1-c1ccccc1)B34. The minimum Gasteiger partial charge on any atom is -0.459 e. The van der Waals surface area contributed by atoms with Gasteiger partial charge in [0.1, 0.15) is 34.2 Å². The Morgan fingerprint density at radius 1 is 0.280 bits per heavy atom. The van der Waals surface area contributed by atoms with Crippen molar-refractivity contribution in [2.45, 2.75) is 52.4 Å². The summed E-state index contributed by atoms with van der Waals surface area (Å²) in [5, 5.41) is 1.30. The van der Waals surface area contributed by atoms with Crippen molar-refractivity contribution in [1.82, 2.24) is 0 Å². The molecule has 0 unspecified atom stereocenters. The number of hydrogen-bond acceptors (Lipinski definition) is 6. The third-order valence-corrected chi connectivity index (χ3v) is 24.0. The third-order valence-electron chi connectivity index (χ3n) is 24.0. The first kappa shape index (κ1) is 55.2. The average Bonchev–Trinajstić information content (AvgIpc) is 1.03. The van der Waals surface area contributed by atoms with E-state index in [1.54, 1.807) is 6.07 Å². The Balaban J connectivity index is 0.996. The molecule has 8 heteroatoms. The lowest BCUT2D eigenvalue weighted by Gasteiger charge is -2.49. The standard InChI is InChI=1S/C110H79B2N3O3/c1-109(2,3)78-63-85(74-46-27-13-28-47-74)105(86(64-78)75-48-29-14-30-49-75)115-89-60-76(68-34-15-7-16-35-68)54-57-87(89)111-99-91(65-79(66-92(99)115)110(4,5)6)113(90-61-77(69-36-17-8-18-37-69)62-97-98(90)84-50-31-32-53-95(84)116-97)93-67-94-102-108(101(93)111)117-96-59-56-83(73-44-25-12-26-45-73)107-103(96)112(102)100-88(58-55-82(106(100)118-107)72-42-23-11-24-43-72)114(94)104-80(70-38-19-9-20-39-70)51-33-52-81(104)71-40-21-10-22-41-71/h7-67H,1-6H3/i7D,15D,16D,33D,34D,35D,51D,52D,54D,55D,56D,57D,59D,60D,67D. The molecule has 0 aliphatic carbocycles. The number of benzene rings is 17. The van der Waals surface area contributed by atoms with Crippen molar-refractivity contribution < 1.29 is 34.5 Å². The fourth-order valence-corrected chi connectivity index (χ4v) is 18.5. The van der Waals surface area contributed by atoms with Crippen LogP contribution < -0.4 is 57.0 Å². The van der Waals surface area contributed by atoms with Crippen LogP contribution in [0.1, 0.15) is 73.2 Å². The van der Waals surface area contributed by atoms with Gasteiger partial charge in [-0.25, -0.2) is 0 Å². The van der Waals surface area contributed by atoms with E-state index in [-0.39, 0.29) is 121 Å². The van der Waals surface area contributed by atoms with E-state index in [1.165, 1.54) is 0 Å². The molecular formula is C110H79B2N3O3. The Hall–Kier alpha value is -14.3. The summed E-state index contributed by atoms with van der Waals surface area (Å²) in [6, 6.07) is 82.1. The molecule has 0 atom stereocenters. The van der Waals surface area contributed by atoms with E-state index >= 15 is 0 Å². The van der Waals surface area contributed by atoms with Crippen molar-refractivity contribution in [1.29, 1.82) is 0 Å². The molecule has 0 N–H and O–H groups in total. The van der Waals surface area contributed by atoms with Gasteiger partial charge in [-0.2, -0.15) is 0 Å². The zero-order valence-corrected chi connectivity index (χ0v) is 65.3. The Bertz CT molecular complexity index is 7950. The highest BCUT2D eigenvalue weighted by Crippen LogP contribution is 2.59. The van der Waals surface area contributed by atoms with E-state index in [1.807, 2.05) is 252 Å². The quantitative estimate of drug-likeness (QED) is 0.120. The van der Waals surface area contributed by atoms with Crippen molar-refractivity contribution in [3.63, 3.8) is 0 Å². The molecule has 0 radical (unpaired) electrons. The van der Waals surface area contributed by atoms with E-state index in [4.69, 9.17) is 15.3 Å². The van der Waals surface area contributed by atoms with E-state index in [0.717, 1.165) is 27.8 Å². The van der Waals surface area contributed by atoms with Crippen LogP contribution in [-0.4, -0.2) is 13.4 Å². The molecule has 558 valence electrons. The molecule has 0 spiro atoms. The summed E-state index contributed by atoms with van der Waals surface area (Å²) in [6.07, 6.45) is 0. The van der Waals surface area contributed by atoms with Gasteiger partial charge in [0.05, 0.1) is 43.0 Å². The van der Waals surface area contributed by atoms with Gasteiger partial charge in [-0.15, -0.1) is 0 Å². The summed E-state index contributed by atoms with van der Waals surface area (Å²) < 4.78 is 182. The lowest BCUT2D eigenvalue weighted by Crippen LogP contribution is -2.66. The van der Waals surface area contributed by atoms with Gasteiger partial charge in [0, 0.05) is 78.4 Å². The zero-order chi connectivity index (χ0) is 91.9. The van der Waals surface area contributed by atoms with Crippen LogP contribution in [0.5, 0.6) is 23.0 Å². The molecule has 1 aromatic heterocycles. The Labute approximate surface area is 710 Å². The van der Waals surface area contributed by atoms with E-state index in [9.17, 15) is 19.2 Å². The lowest BCUT2D eigenvalue weighted by atomic mass is 9.29. The van der Waals surface area contributed by atoms with Crippen LogP contribution in [0.2, 0.25) is 0 Å². The highest BCUT2D eigenvalue weighted by Gasteiger charge is 2.55.